The third kappa shape index (κ3) is 3.23. The van der Waals surface area contributed by atoms with Crippen molar-refractivity contribution in [1.29, 1.82) is 0 Å². The van der Waals surface area contributed by atoms with Crippen molar-refractivity contribution < 1.29 is 4.79 Å². The van der Waals surface area contributed by atoms with Crippen LogP contribution in [0.15, 0.2) is 18.5 Å². The van der Waals surface area contributed by atoms with Gasteiger partial charge in [-0.2, -0.15) is 5.10 Å². The summed E-state index contributed by atoms with van der Waals surface area (Å²) < 4.78 is 3.51. The minimum Gasteiger partial charge on any atom is -0.345 e. The predicted molar refractivity (Wildman–Crippen MR) is 74.2 cm³/mol. The van der Waals surface area contributed by atoms with Crippen LogP contribution in [-0.4, -0.2) is 30.7 Å². The van der Waals surface area contributed by atoms with Crippen LogP contribution in [0.2, 0.25) is 0 Å². The molecule has 0 aliphatic heterocycles. The molecule has 2 aromatic heterocycles. The second-order valence-electron chi connectivity index (χ2n) is 5.24. The van der Waals surface area contributed by atoms with E-state index in [0.29, 0.717) is 12.2 Å². The molecule has 7 heteroatoms. The zero-order valence-corrected chi connectivity index (χ0v) is 12.2. The minimum absolute atomic E-state index is 0.205. The Balaban J connectivity index is 1.93. The molecule has 0 aromatic carbocycles. The topological polar surface area (TPSA) is 77.6 Å². The smallest absolute Gasteiger partial charge is 0.272 e. The summed E-state index contributed by atoms with van der Waals surface area (Å²) in [6.07, 6.45) is 3.63. The second kappa shape index (κ2) is 5.85. The average Bonchev–Trinajstić information content (AvgIpc) is 3.05. The van der Waals surface area contributed by atoms with E-state index in [1.54, 1.807) is 21.6 Å². The summed E-state index contributed by atoms with van der Waals surface area (Å²) in [5, 5.41) is 15.0. The maximum absolute atomic E-state index is 12.0. The molecule has 2 heterocycles. The summed E-state index contributed by atoms with van der Waals surface area (Å²) in [7, 11) is 0. The van der Waals surface area contributed by atoms with Gasteiger partial charge in [-0.3, -0.25) is 9.48 Å². The van der Waals surface area contributed by atoms with E-state index >= 15 is 0 Å². The Kier molecular flexibility index (Phi) is 4.16. The number of carbonyl (C=O) groups excluding carboxylic acids is 1. The average molecular weight is 276 g/mol. The molecule has 0 bridgehead atoms. The molecular formula is C13H20N6O. The Labute approximate surface area is 118 Å². The van der Waals surface area contributed by atoms with Gasteiger partial charge in [-0.05, 0) is 33.8 Å². The van der Waals surface area contributed by atoms with Crippen molar-refractivity contribution in [2.45, 2.75) is 46.3 Å². The van der Waals surface area contributed by atoms with Crippen molar-refractivity contribution in [2.75, 3.05) is 0 Å². The lowest BCUT2D eigenvalue weighted by Crippen LogP contribution is -2.23. The molecule has 108 valence electrons. The van der Waals surface area contributed by atoms with E-state index in [4.69, 9.17) is 0 Å². The molecule has 0 fully saturated rings. The van der Waals surface area contributed by atoms with Gasteiger partial charge >= 0.3 is 0 Å². The first kappa shape index (κ1) is 14.2. The van der Waals surface area contributed by atoms with Crippen LogP contribution in [0.25, 0.3) is 0 Å². The summed E-state index contributed by atoms with van der Waals surface area (Å²) in [4.78, 5) is 12.0. The molecule has 0 saturated heterocycles. The van der Waals surface area contributed by atoms with E-state index in [2.05, 4.69) is 20.7 Å². The van der Waals surface area contributed by atoms with E-state index in [-0.39, 0.29) is 18.0 Å². The molecule has 1 N–H and O–H groups in total. The highest BCUT2D eigenvalue weighted by molar-refractivity contribution is 5.92. The number of hydrogen-bond donors (Lipinski definition) is 1. The van der Waals surface area contributed by atoms with Crippen LogP contribution in [0.3, 0.4) is 0 Å². The van der Waals surface area contributed by atoms with Gasteiger partial charge in [0.15, 0.2) is 0 Å². The number of carbonyl (C=O) groups is 1. The van der Waals surface area contributed by atoms with Gasteiger partial charge in [-0.1, -0.05) is 5.21 Å². The first-order valence-corrected chi connectivity index (χ1v) is 6.71. The number of nitrogens with zero attached hydrogens (tertiary/aromatic N) is 5. The van der Waals surface area contributed by atoms with Gasteiger partial charge < -0.3 is 5.32 Å². The van der Waals surface area contributed by atoms with E-state index in [0.717, 1.165) is 5.69 Å². The van der Waals surface area contributed by atoms with Crippen LogP contribution in [0.4, 0.5) is 0 Å². The molecule has 0 radical (unpaired) electrons. The highest BCUT2D eigenvalue weighted by Gasteiger charge is 2.11. The molecule has 0 atom stereocenters. The number of rotatable bonds is 5. The van der Waals surface area contributed by atoms with E-state index in [9.17, 15) is 4.79 Å². The van der Waals surface area contributed by atoms with E-state index in [1.165, 1.54) is 0 Å². The zero-order valence-electron chi connectivity index (χ0n) is 12.2. The first-order valence-electron chi connectivity index (χ1n) is 6.71. The third-order valence-corrected chi connectivity index (χ3v) is 2.89. The summed E-state index contributed by atoms with van der Waals surface area (Å²) in [5.74, 6) is -0.205. The van der Waals surface area contributed by atoms with Crippen molar-refractivity contribution in [3.05, 3.63) is 29.8 Å². The summed E-state index contributed by atoms with van der Waals surface area (Å²) >= 11 is 0. The SMILES string of the molecule is CC(C)n1cc(CNC(=O)c2ccn(C(C)C)n2)nn1. The molecule has 0 unspecified atom stereocenters. The van der Waals surface area contributed by atoms with Crippen molar-refractivity contribution in [1.82, 2.24) is 30.1 Å². The Hall–Kier alpha value is -2.18. The fraction of sp³-hybridized carbons (Fsp3) is 0.538. The number of hydrogen-bond acceptors (Lipinski definition) is 4. The maximum Gasteiger partial charge on any atom is 0.272 e. The lowest BCUT2D eigenvalue weighted by Gasteiger charge is -2.04. The van der Waals surface area contributed by atoms with Crippen molar-refractivity contribution in [2.24, 2.45) is 0 Å². The number of nitrogens with one attached hydrogen (secondary N) is 1. The molecule has 0 aliphatic carbocycles. The summed E-state index contributed by atoms with van der Waals surface area (Å²) in [6.45, 7) is 8.42. The summed E-state index contributed by atoms with van der Waals surface area (Å²) in [6, 6.07) is 2.21. The predicted octanol–water partition coefficient (Wildman–Crippen LogP) is 1.57. The van der Waals surface area contributed by atoms with Crippen LogP contribution in [-0.2, 0) is 6.54 Å². The normalized spacial score (nSPS) is 11.3. The Morgan fingerprint density at radius 3 is 2.50 bits per heavy atom. The Bertz CT molecular complexity index is 583. The molecule has 0 saturated carbocycles. The van der Waals surface area contributed by atoms with Crippen LogP contribution >= 0.6 is 0 Å². The lowest BCUT2D eigenvalue weighted by molar-refractivity contribution is 0.0944. The molecule has 0 spiro atoms. The molecule has 20 heavy (non-hydrogen) atoms. The first-order chi connectivity index (χ1) is 9.47. The van der Waals surface area contributed by atoms with Gasteiger partial charge in [0.1, 0.15) is 11.4 Å². The van der Waals surface area contributed by atoms with Crippen LogP contribution in [0.5, 0.6) is 0 Å². The van der Waals surface area contributed by atoms with Crippen LogP contribution in [0.1, 0.15) is 56.0 Å². The fourth-order valence-corrected chi connectivity index (χ4v) is 1.65. The minimum atomic E-state index is -0.205. The molecular weight excluding hydrogens is 256 g/mol. The monoisotopic (exact) mass is 276 g/mol. The Morgan fingerprint density at radius 2 is 1.95 bits per heavy atom. The zero-order chi connectivity index (χ0) is 14.7. The van der Waals surface area contributed by atoms with Crippen LogP contribution < -0.4 is 5.32 Å². The fourth-order valence-electron chi connectivity index (χ4n) is 1.65. The quantitative estimate of drug-likeness (QED) is 0.899. The van der Waals surface area contributed by atoms with E-state index < -0.39 is 0 Å². The van der Waals surface area contributed by atoms with E-state index in [1.807, 2.05) is 33.9 Å². The van der Waals surface area contributed by atoms with Gasteiger partial charge in [0.25, 0.3) is 5.91 Å². The molecule has 7 nitrogen and oxygen atoms in total. The van der Waals surface area contributed by atoms with Crippen molar-refractivity contribution in [3.63, 3.8) is 0 Å². The van der Waals surface area contributed by atoms with Gasteiger partial charge in [0.2, 0.25) is 0 Å². The number of amides is 1. The third-order valence-electron chi connectivity index (χ3n) is 2.89. The standard InChI is InChI=1S/C13H20N6O/c1-9(2)18-6-5-12(16-18)13(20)14-7-11-8-19(10(3)4)17-15-11/h5-6,8-10H,7H2,1-4H3,(H,14,20). The van der Waals surface area contributed by atoms with Gasteiger partial charge in [-0.25, -0.2) is 4.68 Å². The van der Waals surface area contributed by atoms with Crippen molar-refractivity contribution >= 4 is 5.91 Å². The molecule has 1 amide bonds. The van der Waals surface area contributed by atoms with Gasteiger partial charge in [-0.15, -0.1) is 5.10 Å². The second-order valence-corrected chi connectivity index (χ2v) is 5.24. The molecule has 2 rings (SSSR count). The van der Waals surface area contributed by atoms with Gasteiger partial charge in [0.05, 0.1) is 12.7 Å². The number of aromatic nitrogens is 5. The molecule has 0 aliphatic rings. The van der Waals surface area contributed by atoms with Crippen LogP contribution in [0, 0.1) is 0 Å². The van der Waals surface area contributed by atoms with Gasteiger partial charge in [0, 0.05) is 18.3 Å². The summed E-state index contributed by atoms with van der Waals surface area (Å²) in [5.41, 5.74) is 1.14. The van der Waals surface area contributed by atoms with Crippen molar-refractivity contribution in [3.8, 4) is 0 Å². The highest BCUT2D eigenvalue weighted by atomic mass is 16.1. The largest absolute Gasteiger partial charge is 0.345 e. The maximum atomic E-state index is 12.0. The Morgan fingerprint density at radius 1 is 1.25 bits per heavy atom. The lowest BCUT2D eigenvalue weighted by atomic mass is 10.3. The molecule has 2 aromatic rings. The highest BCUT2D eigenvalue weighted by Crippen LogP contribution is 2.05.